The molecule has 0 aromatic carbocycles. The Labute approximate surface area is 119 Å². The zero-order chi connectivity index (χ0) is 14.8. The number of methoxy groups -OCH3 is 1. The lowest BCUT2D eigenvalue weighted by atomic mass is 10.2. The highest BCUT2D eigenvalue weighted by Gasteiger charge is 2.02. The van der Waals surface area contributed by atoms with Gasteiger partial charge < -0.3 is 19.8 Å². The molecular formula is C14H25N3O3. The summed E-state index contributed by atoms with van der Waals surface area (Å²) in [4.78, 5) is 18.7. The average molecular weight is 283 g/mol. The van der Waals surface area contributed by atoms with Gasteiger partial charge in [0, 0.05) is 26.1 Å². The quantitative estimate of drug-likeness (QED) is 0.619. The third kappa shape index (κ3) is 7.37. The molecule has 0 aliphatic rings. The van der Waals surface area contributed by atoms with Crippen LogP contribution in [0.2, 0.25) is 0 Å². The molecule has 0 saturated carbocycles. The van der Waals surface area contributed by atoms with Gasteiger partial charge in [0.05, 0.1) is 25.5 Å². The van der Waals surface area contributed by atoms with Gasteiger partial charge in [0.15, 0.2) is 0 Å². The zero-order valence-corrected chi connectivity index (χ0v) is 12.6. The Kier molecular flexibility index (Phi) is 8.10. The van der Waals surface area contributed by atoms with Crippen LogP contribution in [0.4, 0.5) is 0 Å². The van der Waals surface area contributed by atoms with Gasteiger partial charge in [0.2, 0.25) is 0 Å². The van der Waals surface area contributed by atoms with Crippen molar-refractivity contribution in [3.8, 4) is 0 Å². The summed E-state index contributed by atoms with van der Waals surface area (Å²) >= 11 is 0. The summed E-state index contributed by atoms with van der Waals surface area (Å²) in [5, 5.41) is 3.28. The highest BCUT2D eigenvalue weighted by atomic mass is 16.5. The van der Waals surface area contributed by atoms with Crippen molar-refractivity contribution >= 4 is 0 Å². The van der Waals surface area contributed by atoms with Crippen LogP contribution in [0.1, 0.15) is 25.4 Å². The summed E-state index contributed by atoms with van der Waals surface area (Å²) in [6.45, 7) is 7.44. The summed E-state index contributed by atoms with van der Waals surface area (Å²) in [5.74, 6) is 1.24. The third-order valence-electron chi connectivity index (χ3n) is 2.62. The van der Waals surface area contributed by atoms with E-state index in [-0.39, 0.29) is 5.56 Å². The summed E-state index contributed by atoms with van der Waals surface area (Å²) in [7, 11) is 1.63. The van der Waals surface area contributed by atoms with Gasteiger partial charge >= 0.3 is 0 Å². The molecule has 1 heterocycles. The maximum Gasteiger partial charge on any atom is 0.251 e. The topological polar surface area (TPSA) is 76.2 Å². The van der Waals surface area contributed by atoms with Gasteiger partial charge in [-0.15, -0.1) is 0 Å². The summed E-state index contributed by atoms with van der Waals surface area (Å²) in [6, 6.07) is 1.53. The highest BCUT2D eigenvalue weighted by Crippen LogP contribution is 1.95. The van der Waals surface area contributed by atoms with E-state index < -0.39 is 0 Å². The molecule has 1 rings (SSSR count). The predicted octanol–water partition coefficient (Wildman–Crippen LogP) is 0.721. The van der Waals surface area contributed by atoms with Gasteiger partial charge in [-0.3, -0.25) is 4.79 Å². The Morgan fingerprint density at radius 1 is 1.35 bits per heavy atom. The van der Waals surface area contributed by atoms with Crippen molar-refractivity contribution < 1.29 is 9.47 Å². The van der Waals surface area contributed by atoms with Crippen molar-refractivity contribution in [2.75, 3.05) is 33.5 Å². The molecule has 0 aliphatic carbocycles. The minimum absolute atomic E-state index is 0.117. The zero-order valence-electron chi connectivity index (χ0n) is 12.6. The summed E-state index contributed by atoms with van der Waals surface area (Å²) in [6.07, 6.45) is 0.594. The minimum atomic E-state index is -0.117. The van der Waals surface area contributed by atoms with Gasteiger partial charge in [-0.25, -0.2) is 4.98 Å². The Bertz CT molecular complexity index is 432. The largest absolute Gasteiger partial charge is 0.382 e. The van der Waals surface area contributed by atoms with E-state index in [2.05, 4.69) is 29.1 Å². The van der Waals surface area contributed by atoms with Crippen LogP contribution < -0.4 is 10.9 Å². The lowest BCUT2D eigenvalue weighted by molar-refractivity contribution is 0.0716. The molecule has 0 saturated heterocycles. The first-order valence-electron chi connectivity index (χ1n) is 6.98. The highest BCUT2D eigenvalue weighted by molar-refractivity contribution is 5.02. The lowest BCUT2D eigenvalue weighted by Crippen LogP contribution is -2.22. The van der Waals surface area contributed by atoms with Crippen molar-refractivity contribution in [3.63, 3.8) is 0 Å². The molecule has 2 N–H and O–H groups in total. The van der Waals surface area contributed by atoms with Crippen LogP contribution in [0.5, 0.6) is 0 Å². The molecule has 0 unspecified atom stereocenters. The Morgan fingerprint density at radius 3 is 2.85 bits per heavy atom. The Morgan fingerprint density at radius 2 is 2.15 bits per heavy atom. The van der Waals surface area contributed by atoms with Crippen LogP contribution in [0, 0.1) is 5.92 Å². The number of hydrogen-bond acceptors (Lipinski definition) is 5. The van der Waals surface area contributed by atoms with Crippen LogP contribution in [-0.2, 0) is 22.4 Å². The number of H-pyrrole nitrogens is 1. The van der Waals surface area contributed by atoms with E-state index in [4.69, 9.17) is 9.47 Å². The standard InChI is InChI=1S/C14H25N3O3/c1-11(2)9-15-10-12-8-14(18)17-13(16-12)4-5-20-7-6-19-3/h8,11,15H,4-7,9-10H2,1-3H3,(H,16,17,18). The van der Waals surface area contributed by atoms with Crippen LogP contribution in [0.15, 0.2) is 10.9 Å². The molecule has 0 radical (unpaired) electrons. The van der Waals surface area contributed by atoms with E-state index in [1.54, 1.807) is 7.11 Å². The first kappa shape index (κ1) is 16.8. The molecule has 0 bridgehead atoms. The third-order valence-corrected chi connectivity index (χ3v) is 2.62. The Hall–Kier alpha value is -1.24. The van der Waals surface area contributed by atoms with Crippen LogP contribution in [-0.4, -0.2) is 43.4 Å². The minimum Gasteiger partial charge on any atom is -0.382 e. The van der Waals surface area contributed by atoms with E-state index in [0.29, 0.717) is 44.5 Å². The number of hydrogen-bond donors (Lipinski definition) is 2. The van der Waals surface area contributed by atoms with E-state index in [1.807, 2.05) is 0 Å². The van der Waals surface area contributed by atoms with Crippen molar-refractivity contribution in [1.82, 2.24) is 15.3 Å². The average Bonchev–Trinajstić information content (AvgIpc) is 2.37. The number of aromatic amines is 1. The maximum absolute atomic E-state index is 11.6. The molecule has 114 valence electrons. The number of aromatic nitrogens is 2. The second kappa shape index (κ2) is 9.63. The molecule has 0 spiro atoms. The smallest absolute Gasteiger partial charge is 0.251 e. The van der Waals surface area contributed by atoms with Gasteiger partial charge in [-0.2, -0.15) is 0 Å². The maximum atomic E-state index is 11.6. The Balaban J connectivity index is 2.42. The second-order valence-electron chi connectivity index (χ2n) is 5.06. The number of ether oxygens (including phenoxy) is 2. The fourth-order valence-corrected chi connectivity index (χ4v) is 1.67. The molecule has 1 aromatic rings. The number of rotatable bonds is 10. The summed E-state index contributed by atoms with van der Waals surface area (Å²) < 4.78 is 10.3. The molecule has 20 heavy (non-hydrogen) atoms. The van der Waals surface area contributed by atoms with Crippen LogP contribution in [0.25, 0.3) is 0 Å². The normalized spacial score (nSPS) is 11.2. The van der Waals surface area contributed by atoms with Crippen LogP contribution in [0.3, 0.4) is 0 Å². The van der Waals surface area contributed by atoms with Gasteiger partial charge in [-0.05, 0) is 12.5 Å². The van der Waals surface area contributed by atoms with Crippen molar-refractivity contribution in [3.05, 3.63) is 27.9 Å². The molecular weight excluding hydrogens is 258 g/mol. The molecule has 6 nitrogen and oxygen atoms in total. The van der Waals surface area contributed by atoms with Gasteiger partial charge in [0.1, 0.15) is 5.82 Å². The first-order valence-corrected chi connectivity index (χ1v) is 6.98. The number of nitrogens with zero attached hydrogens (tertiary/aromatic N) is 1. The predicted molar refractivity (Wildman–Crippen MR) is 77.8 cm³/mol. The van der Waals surface area contributed by atoms with Crippen molar-refractivity contribution in [2.45, 2.75) is 26.8 Å². The molecule has 0 aliphatic heterocycles. The fourth-order valence-electron chi connectivity index (χ4n) is 1.67. The van der Waals surface area contributed by atoms with Gasteiger partial charge in [0.25, 0.3) is 5.56 Å². The van der Waals surface area contributed by atoms with Crippen molar-refractivity contribution in [2.24, 2.45) is 5.92 Å². The molecule has 0 fully saturated rings. The SMILES string of the molecule is COCCOCCc1nc(CNCC(C)C)cc(=O)[nH]1. The van der Waals surface area contributed by atoms with E-state index in [1.165, 1.54) is 6.07 Å². The van der Waals surface area contributed by atoms with E-state index >= 15 is 0 Å². The van der Waals surface area contributed by atoms with Crippen LogP contribution >= 0.6 is 0 Å². The van der Waals surface area contributed by atoms with E-state index in [0.717, 1.165) is 12.2 Å². The lowest BCUT2D eigenvalue weighted by Gasteiger charge is -2.08. The monoisotopic (exact) mass is 283 g/mol. The molecule has 6 heteroatoms. The molecule has 0 atom stereocenters. The van der Waals surface area contributed by atoms with Crippen molar-refractivity contribution in [1.29, 1.82) is 0 Å². The molecule has 1 aromatic heterocycles. The van der Waals surface area contributed by atoms with Gasteiger partial charge in [-0.1, -0.05) is 13.8 Å². The second-order valence-corrected chi connectivity index (χ2v) is 5.06. The first-order chi connectivity index (χ1) is 9.61. The number of nitrogens with one attached hydrogen (secondary N) is 2. The summed E-state index contributed by atoms with van der Waals surface area (Å²) in [5.41, 5.74) is 0.648. The fraction of sp³-hybridized carbons (Fsp3) is 0.714. The van der Waals surface area contributed by atoms with E-state index in [9.17, 15) is 4.79 Å². The molecule has 0 amide bonds.